The van der Waals surface area contributed by atoms with Crippen LogP contribution in [0, 0.1) is 5.92 Å². The smallest absolute Gasteiger partial charge is 0.153 e. The van der Waals surface area contributed by atoms with Crippen molar-refractivity contribution < 1.29 is 19.2 Å². The molecule has 0 aliphatic heterocycles. The van der Waals surface area contributed by atoms with E-state index >= 15 is 0 Å². The molecule has 1 aliphatic carbocycles. The van der Waals surface area contributed by atoms with Gasteiger partial charge in [0.15, 0.2) is 5.78 Å². The molecule has 5 heteroatoms. The van der Waals surface area contributed by atoms with Crippen LogP contribution < -0.4 is 10.7 Å². The third-order valence-electron chi connectivity index (χ3n) is 3.77. The van der Waals surface area contributed by atoms with Crippen molar-refractivity contribution in [2.75, 3.05) is 13.7 Å². The zero-order valence-corrected chi connectivity index (χ0v) is 11.7. The van der Waals surface area contributed by atoms with E-state index in [0.29, 0.717) is 11.3 Å². The van der Waals surface area contributed by atoms with Crippen LogP contribution >= 0.6 is 0 Å². The molecule has 2 N–H and O–H groups in total. The fourth-order valence-corrected chi connectivity index (χ4v) is 2.76. The number of benzene rings is 1. The van der Waals surface area contributed by atoms with E-state index in [1.54, 1.807) is 12.1 Å². The summed E-state index contributed by atoms with van der Waals surface area (Å²) >= 11 is 0. The lowest BCUT2D eigenvalue weighted by molar-refractivity contribution is -0.125. The summed E-state index contributed by atoms with van der Waals surface area (Å²) in [5.74, 6) is 4.44. The first-order valence-corrected chi connectivity index (χ1v) is 6.67. The van der Waals surface area contributed by atoms with Crippen molar-refractivity contribution in [1.29, 1.82) is 0 Å². The maximum Gasteiger partial charge on any atom is 0.153 e. The number of hydrogen-bond acceptors (Lipinski definition) is 5. The Morgan fingerprint density at radius 1 is 1.35 bits per heavy atom. The highest BCUT2D eigenvalue weighted by Gasteiger charge is 2.42. The van der Waals surface area contributed by atoms with Crippen LogP contribution in [0.25, 0.3) is 0 Å². The van der Waals surface area contributed by atoms with Gasteiger partial charge in [0, 0.05) is 19.4 Å². The number of Topliss-reactive ketones (excluding diaryl/α,β-unsaturated/α-hetero) is 2. The third kappa shape index (κ3) is 2.59. The summed E-state index contributed by atoms with van der Waals surface area (Å²) in [4.78, 5) is 29.3. The molecule has 1 saturated carbocycles. The maximum absolute atomic E-state index is 12.4. The number of methoxy groups -OCH3 is 1. The number of carbonyl (C=O) groups excluding carboxylic acids is 2. The predicted octanol–water partition coefficient (Wildman–Crippen LogP) is 1.39. The Labute approximate surface area is 118 Å². The van der Waals surface area contributed by atoms with Gasteiger partial charge in [-0.15, -0.1) is 0 Å². The van der Waals surface area contributed by atoms with Crippen LogP contribution in [0.4, 0.5) is 0 Å². The number of ketones is 2. The molecule has 5 nitrogen and oxygen atoms in total. The molecular weight excluding hydrogens is 258 g/mol. The van der Waals surface area contributed by atoms with Crippen LogP contribution in [0.3, 0.4) is 0 Å². The molecule has 2 rings (SSSR count). The van der Waals surface area contributed by atoms with Crippen molar-refractivity contribution >= 4 is 11.6 Å². The number of ether oxygens (including phenoxy) is 1. The normalized spacial score (nSPS) is 22.4. The molecule has 0 aromatic heterocycles. The number of hydrogen-bond donors (Lipinski definition) is 1. The molecule has 0 bridgehead atoms. The molecule has 108 valence electrons. The summed E-state index contributed by atoms with van der Waals surface area (Å²) < 4.78 is 5.01. The Hall–Kier alpha value is -1.72. The minimum Gasteiger partial charge on any atom is -0.412 e. The monoisotopic (exact) mass is 277 g/mol. The van der Waals surface area contributed by atoms with E-state index in [0.717, 1.165) is 12.0 Å². The van der Waals surface area contributed by atoms with Crippen molar-refractivity contribution in [2.45, 2.75) is 25.7 Å². The van der Waals surface area contributed by atoms with Gasteiger partial charge in [0.1, 0.15) is 17.5 Å². The molecule has 1 fully saturated rings. The average Bonchev–Trinajstić information content (AvgIpc) is 2.73. The SMILES string of the molecule is CCc1ccc(ON)cc1C1C(=O)CC(COC)C1=O. The molecule has 0 amide bonds. The minimum atomic E-state index is -0.708. The number of carbonyl (C=O) groups is 2. The summed E-state index contributed by atoms with van der Waals surface area (Å²) in [7, 11) is 1.53. The molecule has 0 heterocycles. The Bertz CT molecular complexity index is 527. The van der Waals surface area contributed by atoms with Gasteiger partial charge >= 0.3 is 0 Å². The highest BCUT2D eigenvalue weighted by Crippen LogP contribution is 2.35. The van der Waals surface area contributed by atoms with E-state index < -0.39 is 5.92 Å². The molecular formula is C15H19NO4. The molecule has 0 spiro atoms. The Balaban J connectivity index is 2.39. The van der Waals surface area contributed by atoms with E-state index in [9.17, 15) is 9.59 Å². The third-order valence-corrected chi connectivity index (χ3v) is 3.77. The molecule has 1 aliphatic rings. The van der Waals surface area contributed by atoms with Gasteiger partial charge in [-0.2, -0.15) is 5.90 Å². The van der Waals surface area contributed by atoms with Crippen LogP contribution in [-0.4, -0.2) is 25.3 Å². The number of rotatable bonds is 5. The largest absolute Gasteiger partial charge is 0.412 e. The van der Waals surface area contributed by atoms with Crippen molar-refractivity contribution in [3.8, 4) is 5.75 Å². The summed E-state index contributed by atoms with van der Waals surface area (Å²) in [5, 5.41) is 0. The number of aryl methyl sites for hydroxylation is 1. The topological polar surface area (TPSA) is 78.6 Å². The second-order valence-corrected chi connectivity index (χ2v) is 4.99. The molecule has 20 heavy (non-hydrogen) atoms. The van der Waals surface area contributed by atoms with Gasteiger partial charge in [-0.3, -0.25) is 9.59 Å². The van der Waals surface area contributed by atoms with E-state index in [4.69, 9.17) is 15.5 Å². The Morgan fingerprint density at radius 2 is 2.10 bits per heavy atom. The van der Waals surface area contributed by atoms with Gasteiger partial charge in [-0.05, 0) is 29.7 Å². The fraction of sp³-hybridized carbons (Fsp3) is 0.467. The van der Waals surface area contributed by atoms with E-state index in [1.165, 1.54) is 7.11 Å². The zero-order valence-electron chi connectivity index (χ0n) is 11.7. The van der Waals surface area contributed by atoms with Crippen LogP contribution in [0.1, 0.15) is 30.4 Å². The highest BCUT2D eigenvalue weighted by atomic mass is 16.6. The van der Waals surface area contributed by atoms with Gasteiger partial charge in [-0.25, -0.2) is 0 Å². The van der Waals surface area contributed by atoms with E-state index in [2.05, 4.69) is 0 Å². The lowest BCUT2D eigenvalue weighted by Gasteiger charge is -2.14. The average molecular weight is 277 g/mol. The minimum absolute atomic E-state index is 0.0547. The molecule has 1 aromatic rings. The maximum atomic E-state index is 12.4. The molecule has 2 atom stereocenters. The first-order chi connectivity index (χ1) is 9.62. The van der Waals surface area contributed by atoms with Gasteiger partial charge in [-0.1, -0.05) is 13.0 Å². The van der Waals surface area contributed by atoms with Gasteiger partial charge in [0.25, 0.3) is 0 Å². The van der Waals surface area contributed by atoms with Crippen LogP contribution in [0.15, 0.2) is 18.2 Å². The van der Waals surface area contributed by atoms with Crippen molar-refractivity contribution in [2.24, 2.45) is 11.8 Å². The zero-order chi connectivity index (χ0) is 14.7. The Kier molecular flexibility index (Phi) is 4.52. The standard InChI is InChI=1S/C15H19NO4/c1-3-9-4-5-11(20-16)7-12(9)14-13(17)6-10(8-19-2)15(14)18/h4-5,7,10,14H,3,6,8,16H2,1-2H3. The molecule has 1 aromatic carbocycles. The van der Waals surface area contributed by atoms with Crippen molar-refractivity contribution in [1.82, 2.24) is 0 Å². The molecule has 2 unspecified atom stereocenters. The predicted molar refractivity (Wildman–Crippen MR) is 73.4 cm³/mol. The lowest BCUT2D eigenvalue weighted by Crippen LogP contribution is -2.19. The second kappa shape index (κ2) is 6.15. The molecule has 0 saturated heterocycles. The quantitative estimate of drug-likeness (QED) is 0.650. The summed E-state index contributed by atoms with van der Waals surface area (Å²) in [6.07, 6.45) is 0.987. The second-order valence-electron chi connectivity index (χ2n) is 4.99. The van der Waals surface area contributed by atoms with Gasteiger partial charge in [0.05, 0.1) is 6.61 Å². The van der Waals surface area contributed by atoms with Crippen LogP contribution in [0.5, 0.6) is 5.75 Å². The highest BCUT2D eigenvalue weighted by molar-refractivity contribution is 6.14. The summed E-state index contributed by atoms with van der Waals surface area (Å²) in [6.45, 7) is 2.27. The first kappa shape index (κ1) is 14.7. The molecule has 0 radical (unpaired) electrons. The van der Waals surface area contributed by atoms with Crippen LogP contribution in [0.2, 0.25) is 0 Å². The van der Waals surface area contributed by atoms with Gasteiger partial charge in [0.2, 0.25) is 0 Å². The van der Waals surface area contributed by atoms with Gasteiger partial charge < -0.3 is 9.57 Å². The summed E-state index contributed by atoms with van der Waals surface area (Å²) in [6, 6.07) is 5.27. The summed E-state index contributed by atoms with van der Waals surface area (Å²) in [5.41, 5.74) is 1.68. The Morgan fingerprint density at radius 3 is 2.70 bits per heavy atom. The van der Waals surface area contributed by atoms with E-state index in [-0.39, 0.29) is 30.5 Å². The first-order valence-electron chi connectivity index (χ1n) is 6.67. The lowest BCUT2D eigenvalue weighted by atomic mass is 9.89. The fourth-order valence-electron chi connectivity index (χ4n) is 2.76. The van der Waals surface area contributed by atoms with Crippen molar-refractivity contribution in [3.63, 3.8) is 0 Å². The van der Waals surface area contributed by atoms with E-state index in [1.807, 2.05) is 13.0 Å². The van der Waals surface area contributed by atoms with Crippen molar-refractivity contribution in [3.05, 3.63) is 29.3 Å². The van der Waals surface area contributed by atoms with Crippen LogP contribution in [-0.2, 0) is 20.7 Å². The number of nitrogens with two attached hydrogens (primary N) is 1.